The number of aliphatic hydroxyl groups is 2. The molecule has 0 radical (unpaired) electrons. The van der Waals surface area contributed by atoms with Crippen molar-refractivity contribution in [2.45, 2.75) is 51.3 Å². The lowest BCUT2D eigenvalue weighted by atomic mass is 9.93. The average Bonchev–Trinajstić information content (AvgIpc) is 2.55. The largest absolute Gasteiger partial charge is 0.396 e. The lowest BCUT2D eigenvalue weighted by Crippen LogP contribution is -2.40. The van der Waals surface area contributed by atoms with Gasteiger partial charge in [-0.1, -0.05) is 13.0 Å². The summed E-state index contributed by atoms with van der Waals surface area (Å²) in [4.78, 5) is 0. The molecule has 1 heterocycles. The van der Waals surface area contributed by atoms with Crippen LogP contribution >= 0.6 is 0 Å². The Morgan fingerprint density at radius 2 is 2.06 bits per heavy atom. The van der Waals surface area contributed by atoms with E-state index in [0.29, 0.717) is 6.42 Å². The van der Waals surface area contributed by atoms with Gasteiger partial charge in [0, 0.05) is 12.5 Å². The Bertz CT molecular complexity index is 235. The van der Waals surface area contributed by atoms with Gasteiger partial charge in [-0.05, 0) is 20.3 Å². The zero-order valence-corrected chi connectivity index (χ0v) is 10.2. The molecule has 0 spiro atoms. The summed E-state index contributed by atoms with van der Waals surface area (Å²) in [5, 5.41) is 19.3. The minimum atomic E-state index is -0.736. The fraction of sp³-hybridized carbons (Fsp3) is 0.833. The highest BCUT2D eigenvalue weighted by atomic mass is 16.8. The minimum Gasteiger partial charge on any atom is -0.396 e. The van der Waals surface area contributed by atoms with E-state index in [1.807, 2.05) is 6.92 Å². The van der Waals surface area contributed by atoms with E-state index in [-0.39, 0.29) is 18.6 Å². The molecule has 4 atom stereocenters. The normalized spacial score (nSPS) is 32.3. The zero-order chi connectivity index (χ0) is 12.3. The third kappa shape index (κ3) is 2.83. The number of rotatable bonds is 5. The highest BCUT2D eigenvalue weighted by Crippen LogP contribution is 2.32. The number of aliphatic hydroxyl groups excluding tert-OH is 2. The third-order valence-electron chi connectivity index (χ3n) is 2.97. The van der Waals surface area contributed by atoms with Gasteiger partial charge in [0.1, 0.15) is 12.2 Å². The Balaban J connectivity index is 2.74. The highest BCUT2D eigenvalue weighted by Gasteiger charge is 2.44. The Hall–Kier alpha value is -0.420. The van der Waals surface area contributed by atoms with E-state index in [4.69, 9.17) is 14.6 Å². The van der Waals surface area contributed by atoms with E-state index in [1.54, 1.807) is 19.9 Å². The van der Waals surface area contributed by atoms with Gasteiger partial charge < -0.3 is 19.7 Å². The second-order valence-electron chi connectivity index (χ2n) is 4.64. The molecule has 16 heavy (non-hydrogen) atoms. The van der Waals surface area contributed by atoms with E-state index >= 15 is 0 Å². The molecule has 1 fully saturated rings. The fourth-order valence-electron chi connectivity index (χ4n) is 2.01. The lowest BCUT2D eigenvalue weighted by Gasteiger charge is -2.26. The first-order valence-electron chi connectivity index (χ1n) is 5.72. The van der Waals surface area contributed by atoms with Crippen molar-refractivity contribution in [3.63, 3.8) is 0 Å². The average molecular weight is 230 g/mol. The summed E-state index contributed by atoms with van der Waals surface area (Å²) >= 11 is 0. The molecule has 0 unspecified atom stereocenters. The van der Waals surface area contributed by atoms with Gasteiger partial charge >= 0.3 is 0 Å². The molecule has 1 saturated heterocycles. The van der Waals surface area contributed by atoms with Crippen molar-refractivity contribution in [3.05, 3.63) is 12.7 Å². The molecule has 0 amide bonds. The van der Waals surface area contributed by atoms with Crippen LogP contribution in [-0.2, 0) is 9.47 Å². The van der Waals surface area contributed by atoms with Crippen LogP contribution in [0, 0.1) is 5.92 Å². The van der Waals surface area contributed by atoms with E-state index < -0.39 is 18.0 Å². The van der Waals surface area contributed by atoms with Crippen molar-refractivity contribution in [2.75, 3.05) is 6.61 Å². The highest BCUT2D eigenvalue weighted by molar-refractivity contribution is 4.97. The Labute approximate surface area is 96.9 Å². The fourth-order valence-corrected chi connectivity index (χ4v) is 2.01. The van der Waals surface area contributed by atoms with E-state index in [2.05, 4.69) is 6.58 Å². The quantitative estimate of drug-likeness (QED) is 0.694. The maximum absolute atomic E-state index is 10.1. The molecule has 1 aliphatic rings. The molecule has 0 saturated carbocycles. The minimum absolute atomic E-state index is 0.0538. The Morgan fingerprint density at radius 1 is 1.44 bits per heavy atom. The van der Waals surface area contributed by atoms with Gasteiger partial charge in [-0.2, -0.15) is 0 Å². The molecule has 1 rings (SSSR count). The topological polar surface area (TPSA) is 58.9 Å². The van der Waals surface area contributed by atoms with Crippen LogP contribution < -0.4 is 0 Å². The van der Waals surface area contributed by atoms with Crippen molar-refractivity contribution >= 4 is 0 Å². The monoisotopic (exact) mass is 230 g/mol. The molecule has 94 valence electrons. The summed E-state index contributed by atoms with van der Waals surface area (Å²) in [6, 6.07) is 0. The number of hydrogen-bond acceptors (Lipinski definition) is 4. The van der Waals surface area contributed by atoms with Crippen LogP contribution in [0.3, 0.4) is 0 Å². The molecule has 4 nitrogen and oxygen atoms in total. The van der Waals surface area contributed by atoms with Crippen LogP contribution in [0.25, 0.3) is 0 Å². The van der Waals surface area contributed by atoms with Gasteiger partial charge in [0.25, 0.3) is 0 Å². The Morgan fingerprint density at radius 3 is 2.50 bits per heavy atom. The Kier molecular flexibility index (Phi) is 4.50. The van der Waals surface area contributed by atoms with Gasteiger partial charge in [0.2, 0.25) is 0 Å². The van der Waals surface area contributed by atoms with E-state index in [1.165, 1.54) is 0 Å². The van der Waals surface area contributed by atoms with Crippen LogP contribution in [0.2, 0.25) is 0 Å². The van der Waals surface area contributed by atoms with E-state index in [0.717, 1.165) is 0 Å². The molecule has 0 aliphatic carbocycles. The van der Waals surface area contributed by atoms with Gasteiger partial charge in [-0.15, -0.1) is 6.58 Å². The molecule has 0 aromatic carbocycles. The van der Waals surface area contributed by atoms with Crippen LogP contribution in [0.15, 0.2) is 12.7 Å². The summed E-state index contributed by atoms with van der Waals surface area (Å²) in [6.45, 7) is 9.15. The maximum atomic E-state index is 10.1. The molecule has 0 bridgehead atoms. The second kappa shape index (κ2) is 5.27. The predicted octanol–water partition coefficient (Wildman–Crippen LogP) is 1.07. The van der Waals surface area contributed by atoms with Gasteiger partial charge in [-0.25, -0.2) is 0 Å². The predicted molar refractivity (Wildman–Crippen MR) is 60.9 cm³/mol. The second-order valence-corrected chi connectivity index (χ2v) is 4.64. The SMILES string of the molecule is C=C[C@H]1OC(C)(C)O[C@@H]1[C@@H](O)[C@@H](CC)CO. The van der Waals surface area contributed by atoms with Crippen molar-refractivity contribution in [3.8, 4) is 0 Å². The molecule has 2 N–H and O–H groups in total. The molecule has 0 aromatic rings. The van der Waals surface area contributed by atoms with Crippen LogP contribution in [-0.4, -0.2) is 40.9 Å². The maximum Gasteiger partial charge on any atom is 0.164 e. The van der Waals surface area contributed by atoms with Crippen LogP contribution in [0.5, 0.6) is 0 Å². The van der Waals surface area contributed by atoms with Crippen LogP contribution in [0.4, 0.5) is 0 Å². The van der Waals surface area contributed by atoms with Gasteiger partial charge in [0.05, 0.1) is 6.10 Å². The smallest absolute Gasteiger partial charge is 0.164 e. The first-order chi connectivity index (χ1) is 7.45. The standard InChI is InChI=1S/C12H22O4/c1-5-8(7-13)10(14)11-9(6-2)15-12(3,4)16-11/h6,8-11,13-14H,2,5,7H2,1,3-4H3/t8-,9+,10-,11-/m0/s1. The summed E-state index contributed by atoms with van der Waals surface area (Å²) in [5.41, 5.74) is 0. The molecular weight excluding hydrogens is 208 g/mol. The first-order valence-corrected chi connectivity index (χ1v) is 5.72. The molecular formula is C12H22O4. The summed E-state index contributed by atoms with van der Waals surface area (Å²) in [6.07, 6.45) is 0.809. The summed E-state index contributed by atoms with van der Waals surface area (Å²) in [7, 11) is 0. The third-order valence-corrected chi connectivity index (χ3v) is 2.97. The van der Waals surface area contributed by atoms with Crippen LogP contribution in [0.1, 0.15) is 27.2 Å². The lowest BCUT2D eigenvalue weighted by molar-refractivity contribution is -0.158. The zero-order valence-electron chi connectivity index (χ0n) is 10.2. The molecule has 1 aliphatic heterocycles. The van der Waals surface area contributed by atoms with Crippen molar-refractivity contribution in [2.24, 2.45) is 5.92 Å². The van der Waals surface area contributed by atoms with Crippen molar-refractivity contribution in [1.82, 2.24) is 0 Å². The summed E-state index contributed by atoms with van der Waals surface area (Å²) in [5.74, 6) is -0.900. The molecule has 4 heteroatoms. The number of ether oxygens (including phenoxy) is 2. The van der Waals surface area contributed by atoms with Gasteiger partial charge in [-0.3, -0.25) is 0 Å². The van der Waals surface area contributed by atoms with Crippen molar-refractivity contribution < 1.29 is 19.7 Å². The number of hydrogen-bond donors (Lipinski definition) is 2. The first kappa shape index (κ1) is 13.6. The van der Waals surface area contributed by atoms with Gasteiger partial charge in [0.15, 0.2) is 5.79 Å². The summed E-state index contributed by atoms with van der Waals surface area (Å²) < 4.78 is 11.2. The van der Waals surface area contributed by atoms with E-state index in [9.17, 15) is 5.11 Å². The van der Waals surface area contributed by atoms with Crippen molar-refractivity contribution in [1.29, 1.82) is 0 Å². The molecule has 0 aromatic heterocycles.